The Bertz CT molecular complexity index is 624. The van der Waals surface area contributed by atoms with Crippen molar-refractivity contribution in [2.75, 3.05) is 0 Å². The molecular weight excluding hydrogens is 314 g/mol. The highest BCUT2D eigenvalue weighted by Gasteiger charge is 2.20. The van der Waals surface area contributed by atoms with Crippen molar-refractivity contribution in [1.82, 2.24) is 4.98 Å². The van der Waals surface area contributed by atoms with E-state index in [-0.39, 0.29) is 10.6 Å². The lowest BCUT2D eigenvalue weighted by atomic mass is 9.99. The monoisotopic (exact) mass is 331 g/mol. The third-order valence-electron chi connectivity index (χ3n) is 3.13. The van der Waals surface area contributed by atoms with Gasteiger partial charge in [-0.15, -0.1) is 0 Å². The molecule has 1 unspecified atom stereocenters. The molecule has 0 radical (unpaired) electrons. The van der Waals surface area contributed by atoms with E-state index >= 15 is 0 Å². The predicted octanol–water partition coefficient (Wildman–Crippen LogP) is 4.63. The minimum Gasteiger partial charge on any atom is -0.293 e. The minimum absolute atomic E-state index is 0.0850. The molecule has 2 rings (SSSR count). The van der Waals surface area contributed by atoms with Crippen molar-refractivity contribution in [1.29, 1.82) is 0 Å². The predicted molar refractivity (Wildman–Crippen MR) is 85.6 cm³/mol. The number of ketones is 1. The van der Waals surface area contributed by atoms with Gasteiger partial charge in [-0.1, -0.05) is 33.1 Å². The number of aryl methyl sites for hydroxylation is 4. The Kier molecular flexibility index (Phi) is 4.39. The SMILES string of the molecule is Cc1cc(C)cc(C(=O)C(Br)c2cc(C)nc(C)c2)c1. The number of halogens is 1. The van der Waals surface area contributed by atoms with Crippen LogP contribution >= 0.6 is 15.9 Å². The number of nitrogens with zero attached hydrogens (tertiary/aromatic N) is 1. The molecule has 0 spiro atoms. The van der Waals surface area contributed by atoms with E-state index in [1.807, 2.05) is 52.0 Å². The zero-order chi connectivity index (χ0) is 14.9. The first-order valence-electron chi connectivity index (χ1n) is 6.58. The number of aromatic nitrogens is 1. The molecule has 20 heavy (non-hydrogen) atoms. The van der Waals surface area contributed by atoms with E-state index in [4.69, 9.17) is 0 Å². The average Bonchev–Trinajstić information content (AvgIpc) is 2.34. The summed E-state index contributed by atoms with van der Waals surface area (Å²) >= 11 is 3.53. The fraction of sp³-hybridized carbons (Fsp3) is 0.294. The van der Waals surface area contributed by atoms with Crippen LogP contribution in [0.25, 0.3) is 0 Å². The van der Waals surface area contributed by atoms with Crippen molar-refractivity contribution in [3.63, 3.8) is 0 Å². The van der Waals surface area contributed by atoms with Crippen LogP contribution in [0.15, 0.2) is 30.3 Å². The minimum atomic E-state index is -0.330. The second-order valence-electron chi connectivity index (χ2n) is 5.29. The zero-order valence-corrected chi connectivity index (χ0v) is 13.8. The van der Waals surface area contributed by atoms with Crippen LogP contribution in [0.2, 0.25) is 0 Å². The Morgan fingerprint density at radius 2 is 1.45 bits per heavy atom. The number of carbonyl (C=O) groups is 1. The van der Waals surface area contributed by atoms with Crippen molar-refractivity contribution in [2.45, 2.75) is 32.5 Å². The first-order valence-corrected chi connectivity index (χ1v) is 7.50. The Morgan fingerprint density at radius 1 is 0.950 bits per heavy atom. The summed E-state index contributed by atoms with van der Waals surface area (Å²) < 4.78 is 0. The van der Waals surface area contributed by atoms with E-state index in [0.29, 0.717) is 0 Å². The van der Waals surface area contributed by atoms with Crippen molar-refractivity contribution in [3.8, 4) is 0 Å². The Morgan fingerprint density at radius 3 is 1.95 bits per heavy atom. The van der Waals surface area contributed by atoms with Crippen molar-refractivity contribution in [3.05, 3.63) is 64.0 Å². The van der Waals surface area contributed by atoms with Gasteiger partial charge >= 0.3 is 0 Å². The molecule has 0 N–H and O–H groups in total. The largest absolute Gasteiger partial charge is 0.293 e. The van der Waals surface area contributed by atoms with Crippen LogP contribution in [0.3, 0.4) is 0 Å². The van der Waals surface area contributed by atoms with Crippen LogP contribution in [-0.4, -0.2) is 10.8 Å². The van der Waals surface area contributed by atoms with Crippen molar-refractivity contribution in [2.24, 2.45) is 0 Å². The summed E-state index contributed by atoms with van der Waals surface area (Å²) in [6, 6.07) is 9.84. The highest BCUT2D eigenvalue weighted by atomic mass is 79.9. The van der Waals surface area contributed by atoms with Crippen molar-refractivity contribution < 1.29 is 4.79 Å². The molecule has 0 amide bonds. The van der Waals surface area contributed by atoms with E-state index in [2.05, 4.69) is 27.0 Å². The Labute approximate surface area is 128 Å². The first kappa shape index (κ1) is 14.9. The number of hydrogen-bond donors (Lipinski definition) is 0. The number of hydrogen-bond acceptors (Lipinski definition) is 2. The fourth-order valence-electron chi connectivity index (χ4n) is 2.43. The molecule has 104 valence electrons. The van der Waals surface area contributed by atoms with E-state index < -0.39 is 0 Å². The van der Waals surface area contributed by atoms with Crippen LogP contribution in [0.1, 0.15) is 43.3 Å². The van der Waals surface area contributed by atoms with Gasteiger partial charge in [0.2, 0.25) is 0 Å². The van der Waals surface area contributed by atoms with Gasteiger partial charge in [-0.05, 0) is 57.5 Å². The second-order valence-corrected chi connectivity index (χ2v) is 6.20. The molecule has 1 heterocycles. The van der Waals surface area contributed by atoms with E-state index in [1.54, 1.807) is 0 Å². The molecule has 0 aliphatic heterocycles. The summed E-state index contributed by atoms with van der Waals surface area (Å²) in [7, 11) is 0. The standard InChI is InChI=1S/C17H18BrNO/c1-10-5-11(2)7-15(6-10)17(20)16(18)14-8-12(3)19-13(4)9-14/h5-9,16H,1-4H3. The van der Waals surface area contributed by atoms with Crippen LogP contribution in [0, 0.1) is 27.7 Å². The number of alkyl halides is 1. The summed E-state index contributed by atoms with van der Waals surface area (Å²) in [5, 5.41) is 0. The molecule has 1 aromatic heterocycles. The lowest BCUT2D eigenvalue weighted by Gasteiger charge is -2.12. The maximum absolute atomic E-state index is 12.6. The fourth-order valence-corrected chi connectivity index (χ4v) is 2.96. The van der Waals surface area contributed by atoms with Gasteiger partial charge in [0.25, 0.3) is 0 Å². The van der Waals surface area contributed by atoms with Gasteiger partial charge in [0.1, 0.15) is 4.83 Å². The van der Waals surface area contributed by atoms with Gasteiger partial charge in [0, 0.05) is 17.0 Å². The normalized spacial score (nSPS) is 12.2. The van der Waals surface area contributed by atoms with Crippen LogP contribution in [0.5, 0.6) is 0 Å². The van der Waals surface area contributed by atoms with Crippen LogP contribution in [0.4, 0.5) is 0 Å². The third-order valence-corrected chi connectivity index (χ3v) is 4.08. The number of carbonyl (C=O) groups excluding carboxylic acids is 1. The molecule has 3 heteroatoms. The molecule has 0 saturated carbocycles. The Balaban J connectivity index is 2.36. The highest BCUT2D eigenvalue weighted by Crippen LogP contribution is 2.28. The quantitative estimate of drug-likeness (QED) is 0.606. The smallest absolute Gasteiger partial charge is 0.180 e. The average molecular weight is 332 g/mol. The van der Waals surface area contributed by atoms with Gasteiger partial charge in [-0.3, -0.25) is 9.78 Å². The molecule has 0 saturated heterocycles. The molecule has 0 aliphatic carbocycles. The molecule has 1 aromatic carbocycles. The van der Waals surface area contributed by atoms with Crippen LogP contribution < -0.4 is 0 Å². The maximum atomic E-state index is 12.6. The lowest BCUT2D eigenvalue weighted by Crippen LogP contribution is -2.08. The lowest BCUT2D eigenvalue weighted by molar-refractivity contribution is 0.0991. The molecule has 1 atom stereocenters. The zero-order valence-electron chi connectivity index (χ0n) is 12.2. The van der Waals surface area contributed by atoms with Crippen molar-refractivity contribution >= 4 is 21.7 Å². The van der Waals surface area contributed by atoms with Gasteiger partial charge < -0.3 is 0 Å². The van der Waals surface area contributed by atoms with E-state index in [1.165, 1.54) is 0 Å². The number of rotatable bonds is 3. The topological polar surface area (TPSA) is 30.0 Å². The molecule has 0 fully saturated rings. The summed E-state index contributed by atoms with van der Waals surface area (Å²) in [6.45, 7) is 7.90. The molecule has 0 bridgehead atoms. The highest BCUT2D eigenvalue weighted by molar-refractivity contribution is 9.09. The summed E-state index contributed by atoms with van der Waals surface area (Å²) in [6.07, 6.45) is 0. The number of pyridine rings is 1. The van der Waals surface area contributed by atoms with Gasteiger partial charge in [-0.2, -0.15) is 0 Å². The summed E-state index contributed by atoms with van der Waals surface area (Å²) in [4.78, 5) is 16.6. The first-order chi connectivity index (χ1) is 9.36. The van der Waals surface area contributed by atoms with Gasteiger partial charge in [-0.25, -0.2) is 0 Å². The van der Waals surface area contributed by atoms with E-state index in [0.717, 1.165) is 33.6 Å². The second kappa shape index (κ2) is 5.88. The molecule has 2 nitrogen and oxygen atoms in total. The van der Waals surface area contributed by atoms with Crippen LogP contribution in [-0.2, 0) is 0 Å². The number of Topliss-reactive ketones (excluding diaryl/α,β-unsaturated/α-hetero) is 1. The van der Waals surface area contributed by atoms with E-state index in [9.17, 15) is 4.79 Å². The van der Waals surface area contributed by atoms with Gasteiger partial charge in [0.05, 0.1) is 0 Å². The summed E-state index contributed by atoms with van der Waals surface area (Å²) in [5.41, 5.74) is 5.77. The maximum Gasteiger partial charge on any atom is 0.180 e. The Hall–Kier alpha value is -1.48. The number of benzene rings is 1. The molecule has 0 aliphatic rings. The van der Waals surface area contributed by atoms with Gasteiger partial charge in [0.15, 0.2) is 5.78 Å². The third kappa shape index (κ3) is 3.34. The summed E-state index contributed by atoms with van der Waals surface area (Å²) in [5.74, 6) is 0.0850. The molecular formula is C17H18BrNO. The molecule has 2 aromatic rings.